The lowest BCUT2D eigenvalue weighted by Gasteiger charge is -2.16. The van der Waals surface area contributed by atoms with E-state index in [0.717, 1.165) is 16.5 Å². The van der Waals surface area contributed by atoms with Gasteiger partial charge in [-0.1, -0.05) is 48.5 Å². The third-order valence-corrected chi connectivity index (χ3v) is 3.91. The fourth-order valence-electron chi connectivity index (χ4n) is 2.68. The molecule has 3 aromatic rings. The number of benzene rings is 2. The molecule has 0 aliphatic rings. The van der Waals surface area contributed by atoms with Gasteiger partial charge >= 0.3 is 5.97 Å². The number of esters is 1. The number of amides is 1. The van der Waals surface area contributed by atoms with Crippen molar-refractivity contribution in [3.05, 3.63) is 71.9 Å². The average molecular weight is 322 g/mol. The summed E-state index contributed by atoms with van der Waals surface area (Å²) in [5.74, 6) is -0.772. The molecular weight excluding hydrogens is 304 g/mol. The van der Waals surface area contributed by atoms with Gasteiger partial charge in [0.05, 0.1) is 12.7 Å². The number of hydrogen-bond donors (Lipinski definition) is 2. The molecule has 1 atom stereocenters. The molecule has 1 heterocycles. The molecule has 0 saturated heterocycles. The molecule has 0 fully saturated rings. The average Bonchev–Trinajstić information content (AvgIpc) is 3.05. The molecule has 24 heavy (non-hydrogen) atoms. The maximum atomic E-state index is 12.6. The smallest absolute Gasteiger partial charge is 0.328 e. The summed E-state index contributed by atoms with van der Waals surface area (Å²) in [6.45, 7) is 0. The number of aromatic amines is 1. The zero-order chi connectivity index (χ0) is 16.9. The first-order valence-electron chi connectivity index (χ1n) is 7.68. The zero-order valence-corrected chi connectivity index (χ0v) is 13.3. The van der Waals surface area contributed by atoms with Crippen LogP contribution in [-0.4, -0.2) is 30.0 Å². The van der Waals surface area contributed by atoms with Crippen molar-refractivity contribution in [3.8, 4) is 0 Å². The van der Waals surface area contributed by atoms with E-state index in [1.807, 2.05) is 54.6 Å². The second-order valence-electron chi connectivity index (χ2n) is 5.49. The second-order valence-corrected chi connectivity index (χ2v) is 5.49. The Labute approximate surface area is 139 Å². The van der Waals surface area contributed by atoms with Gasteiger partial charge < -0.3 is 15.0 Å². The second kappa shape index (κ2) is 7.00. The summed E-state index contributed by atoms with van der Waals surface area (Å²) in [7, 11) is 1.32. The Kier molecular flexibility index (Phi) is 4.61. The lowest BCUT2D eigenvalue weighted by atomic mass is 10.1. The normalized spacial score (nSPS) is 11.9. The van der Waals surface area contributed by atoms with Crippen LogP contribution in [0.1, 0.15) is 15.9 Å². The number of para-hydroxylation sites is 1. The Hall–Kier alpha value is -3.08. The third-order valence-electron chi connectivity index (χ3n) is 3.91. The Morgan fingerprint density at radius 2 is 1.79 bits per heavy atom. The number of carbonyl (C=O) groups excluding carboxylic acids is 2. The quantitative estimate of drug-likeness (QED) is 0.710. The standard InChI is InChI=1S/C19H18N2O3/c1-24-19(23)17(11-13-7-3-2-4-8-13)21-18(22)15-12-20-16-10-6-5-9-14(15)16/h2-10,12,17,20H,11H2,1H3,(H,21,22)/t17-/m0/s1. The summed E-state index contributed by atoms with van der Waals surface area (Å²) in [6, 6.07) is 16.3. The fraction of sp³-hybridized carbons (Fsp3) is 0.158. The maximum Gasteiger partial charge on any atom is 0.328 e. The van der Waals surface area contributed by atoms with Gasteiger partial charge in [-0.3, -0.25) is 4.79 Å². The van der Waals surface area contributed by atoms with Crippen molar-refractivity contribution < 1.29 is 14.3 Å². The van der Waals surface area contributed by atoms with Crippen molar-refractivity contribution in [2.45, 2.75) is 12.5 Å². The molecule has 122 valence electrons. The molecule has 3 rings (SSSR count). The monoisotopic (exact) mass is 322 g/mol. The van der Waals surface area contributed by atoms with Gasteiger partial charge in [0.25, 0.3) is 5.91 Å². The van der Waals surface area contributed by atoms with Gasteiger partial charge in [-0.15, -0.1) is 0 Å². The fourth-order valence-corrected chi connectivity index (χ4v) is 2.68. The van der Waals surface area contributed by atoms with Crippen LogP contribution in [-0.2, 0) is 16.0 Å². The maximum absolute atomic E-state index is 12.6. The van der Waals surface area contributed by atoms with E-state index in [9.17, 15) is 9.59 Å². The molecule has 0 aliphatic carbocycles. The van der Waals surface area contributed by atoms with Crippen molar-refractivity contribution in [2.24, 2.45) is 0 Å². The molecule has 5 nitrogen and oxygen atoms in total. The summed E-state index contributed by atoms with van der Waals surface area (Å²) >= 11 is 0. The first-order chi connectivity index (χ1) is 11.7. The van der Waals surface area contributed by atoms with E-state index in [-0.39, 0.29) is 5.91 Å². The van der Waals surface area contributed by atoms with Crippen LogP contribution in [0.2, 0.25) is 0 Å². The number of carbonyl (C=O) groups is 2. The summed E-state index contributed by atoms with van der Waals surface area (Å²) in [5.41, 5.74) is 2.33. The number of ether oxygens (including phenoxy) is 1. The van der Waals surface area contributed by atoms with E-state index in [2.05, 4.69) is 10.3 Å². The Balaban J connectivity index is 1.81. The van der Waals surface area contributed by atoms with Crippen LogP contribution >= 0.6 is 0 Å². The van der Waals surface area contributed by atoms with Crippen LogP contribution in [0, 0.1) is 0 Å². The van der Waals surface area contributed by atoms with Crippen LogP contribution in [0.25, 0.3) is 10.9 Å². The van der Waals surface area contributed by atoms with E-state index in [4.69, 9.17) is 4.74 Å². The minimum absolute atomic E-state index is 0.307. The summed E-state index contributed by atoms with van der Waals surface area (Å²) in [5, 5.41) is 3.60. The highest BCUT2D eigenvalue weighted by Crippen LogP contribution is 2.18. The number of rotatable bonds is 5. The highest BCUT2D eigenvalue weighted by Gasteiger charge is 2.23. The van der Waals surface area contributed by atoms with Crippen molar-refractivity contribution in [1.82, 2.24) is 10.3 Å². The van der Waals surface area contributed by atoms with Gasteiger partial charge in [0.2, 0.25) is 0 Å². The van der Waals surface area contributed by atoms with Crippen molar-refractivity contribution in [1.29, 1.82) is 0 Å². The molecule has 1 amide bonds. The van der Waals surface area contributed by atoms with E-state index >= 15 is 0 Å². The van der Waals surface area contributed by atoms with Gasteiger partial charge in [0, 0.05) is 23.5 Å². The molecule has 0 unspecified atom stereocenters. The van der Waals surface area contributed by atoms with E-state index < -0.39 is 12.0 Å². The molecule has 0 spiro atoms. The van der Waals surface area contributed by atoms with Crippen LogP contribution < -0.4 is 5.32 Å². The van der Waals surface area contributed by atoms with Crippen molar-refractivity contribution in [3.63, 3.8) is 0 Å². The molecule has 1 aromatic heterocycles. The van der Waals surface area contributed by atoms with Crippen LogP contribution in [0.3, 0.4) is 0 Å². The molecule has 2 N–H and O–H groups in total. The molecule has 0 aliphatic heterocycles. The number of fused-ring (bicyclic) bond motifs is 1. The Morgan fingerprint density at radius 3 is 2.54 bits per heavy atom. The summed E-state index contributed by atoms with van der Waals surface area (Å²) in [6.07, 6.45) is 2.03. The van der Waals surface area contributed by atoms with Crippen LogP contribution in [0.5, 0.6) is 0 Å². The van der Waals surface area contributed by atoms with Gasteiger partial charge in [-0.05, 0) is 11.6 Å². The molecule has 0 bridgehead atoms. The third kappa shape index (κ3) is 3.30. The SMILES string of the molecule is COC(=O)[C@H](Cc1ccccc1)NC(=O)c1c[nH]c2ccccc12. The lowest BCUT2D eigenvalue weighted by Crippen LogP contribution is -2.43. The van der Waals surface area contributed by atoms with Crippen LogP contribution in [0.4, 0.5) is 0 Å². The highest BCUT2D eigenvalue weighted by atomic mass is 16.5. The largest absolute Gasteiger partial charge is 0.467 e. The summed E-state index contributed by atoms with van der Waals surface area (Å²) < 4.78 is 4.83. The predicted molar refractivity (Wildman–Crippen MR) is 91.7 cm³/mol. The Morgan fingerprint density at radius 1 is 1.08 bits per heavy atom. The molecule has 5 heteroatoms. The first-order valence-corrected chi connectivity index (χ1v) is 7.68. The van der Waals surface area contributed by atoms with E-state index in [0.29, 0.717) is 12.0 Å². The molecule has 0 saturated carbocycles. The Bertz CT molecular complexity index is 855. The van der Waals surface area contributed by atoms with Crippen LogP contribution in [0.15, 0.2) is 60.8 Å². The van der Waals surface area contributed by atoms with Gasteiger partial charge in [-0.25, -0.2) is 4.79 Å². The summed E-state index contributed by atoms with van der Waals surface area (Å²) in [4.78, 5) is 27.7. The van der Waals surface area contributed by atoms with E-state index in [1.54, 1.807) is 6.20 Å². The topological polar surface area (TPSA) is 71.2 Å². The first kappa shape index (κ1) is 15.8. The minimum Gasteiger partial charge on any atom is -0.467 e. The van der Waals surface area contributed by atoms with Crippen molar-refractivity contribution in [2.75, 3.05) is 7.11 Å². The predicted octanol–water partition coefficient (Wildman–Crippen LogP) is 2.68. The minimum atomic E-state index is -0.737. The number of methoxy groups -OCH3 is 1. The van der Waals surface area contributed by atoms with E-state index in [1.165, 1.54) is 7.11 Å². The molecular formula is C19H18N2O3. The molecule has 2 aromatic carbocycles. The molecule has 0 radical (unpaired) electrons. The van der Waals surface area contributed by atoms with Gasteiger partial charge in [0.15, 0.2) is 0 Å². The number of nitrogens with one attached hydrogen (secondary N) is 2. The number of aromatic nitrogens is 1. The van der Waals surface area contributed by atoms with Crippen molar-refractivity contribution >= 4 is 22.8 Å². The lowest BCUT2D eigenvalue weighted by molar-refractivity contribution is -0.142. The zero-order valence-electron chi connectivity index (χ0n) is 13.3. The number of hydrogen-bond acceptors (Lipinski definition) is 3. The highest BCUT2D eigenvalue weighted by molar-refractivity contribution is 6.07. The van der Waals surface area contributed by atoms with Gasteiger partial charge in [-0.2, -0.15) is 0 Å². The van der Waals surface area contributed by atoms with Gasteiger partial charge in [0.1, 0.15) is 6.04 Å². The number of H-pyrrole nitrogens is 1.